The van der Waals surface area contributed by atoms with E-state index in [0.717, 1.165) is 50.7 Å². The number of primary amides is 1. The van der Waals surface area contributed by atoms with Gasteiger partial charge in [-0.2, -0.15) is 0 Å². The van der Waals surface area contributed by atoms with Crippen LogP contribution >= 0.6 is 0 Å². The van der Waals surface area contributed by atoms with Gasteiger partial charge in [-0.3, -0.25) is 4.79 Å². The van der Waals surface area contributed by atoms with Gasteiger partial charge in [-0.05, 0) is 44.9 Å². The lowest BCUT2D eigenvalue weighted by molar-refractivity contribution is -0.00545. The standard InChI is InChI=1S/C23H32FN7O2/c1-13-11-31(12-14(2)33-13)20-8-7-15(10-27-20)28-22-16(21(26)32)9-17(24)23(30-22)29-19-6-4-3-5-18(19)25/h7-10,13-14,18-19H,3-6,11-12,25H2,1-2H3,(H2,26,32)(H2,28,29,30)/t13-,14+,18-,19+/m0/s1. The first-order chi connectivity index (χ1) is 15.8. The Morgan fingerprint density at radius 3 is 2.55 bits per heavy atom. The molecule has 1 aliphatic heterocycles. The second-order valence-corrected chi connectivity index (χ2v) is 8.97. The van der Waals surface area contributed by atoms with Crippen molar-refractivity contribution in [1.29, 1.82) is 0 Å². The molecule has 33 heavy (non-hydrogen) atoms. The fraction of sp³-hybridized carbons (Fsp3) is 0.522. The van der Waals surface area contributed by atoms with Crippen LogP contribution in [-0.2, 0) is 4.74 Å². The number of halogens is 1. The van der Waals surface area contributed by atoms with E-state index in [9.17, 15) is 9.18 Å². The molecule has 0 unspecified atom stereocenters. The van der Waals surface area contributed by atoms with Gasteiger partial charge in [-0.25, -0.2) is 14.4 Å². The third kappa shape index (κ3) is 5.51. The maximum atomic E-state index is 14.7. The minimum absolute atomic E-state index is 0.0362. The molecular weight excluding hydrogens is 425 g/mol. The first-order valence-electron chi connectivity index (χ1n) is 11.5. The van der Waals surface area contributed by atoms with Crippen LogP contribution in [0.1, 0.15) is 49.9 Å². The third-order valence-electron chi connectivity index (χ3n) is 6.14. The lowest BCUT2D eigenvalue weighted by atomic mass is 9.91. The number of morpholine rings is 1. The maximum absolute atomic E-state index is 14.7. The number of ether oxygens (including phenoxy) is 1. The van der Waals surface area contributed by atoms with Crippen LogP contribution in [0, 0.1) is 5.82 Å². The van der Waals surface area contributed by atoms with E-state index in [4.69, 9.17) is 16.2 Å². The van der Waals surface area contributed by atoms with E-state index < -0.39 is 11.7 Å². The highest BCUT2D eigenvalue weighted by atomic mass is 19.1. The zero-order chi connectivity index (χ0) is 23.5. The van der Waals surface area contributed by atoms with Crippen LogP contribution in [0.4, 0.5) is 27.5 Å². The summed E-state index contributed by atoms with van der Waals surface area (Å²) in [5, 5.41) is 6.18. The fourth-order valence-corrected chi connectivity index (χ4v) is 4.54. The van der Waals surface area contributed by atoms with Gasteiger partial charge in [0.2, 0.25) is 0 Å². The van der Waals surface area contributed by atoms with Crippen LogP contribution in [0.5, 0.6) is 0 Å². The Morgan fingerprint density at radius 2 is 1.91 bits per heavy atom. The fourth-order valence-electron chi connectivity index (χ4n) is 4.54. The van der Waals surface area contributed by atoms with Crippen molar-refractivity contribution in [1.82, 2.24) is 9.97 Å². The van der Waals surface area contributed by atoms with Crippen LogP contribution in [-0.4, -0.2) is 53.3 Å². The van der Waals surface area contributed by atoms with E-state index in [1.807, 2.05) is 26.0 Å². The number of anilines is 4. The third-order valence-corrected chi connectivity index (χ3v) is 6.14. The van der Waals surface area contributed by atoms with Crippen molar-refractivity contribution in [2.24, 2.45) is 11.5 Å². The molecule has 2 aromatic heterocycles. The molecule has 0 bridgehead atoms. The summed E-state index contributed by atoms with van der Waals surface area (Å²) in [6, 6.07) is 4.68. The number of rotatable bonds is 6. The monoisotopic (exact) mass is 457 g/mol. The molecule has 3 heterocycles. The number of carbonyl (C=O) groups is 1. The number of aromatic nitrogens is 2. The predicted molar refractivity (Wildman–Crippen MR) is 126 cm³/mol. The summed E-state index contributed by atoms with van der Waals surface area (Å²) in [7, 11) is 0. The van der Waals surface area contributed by atoms with Gasteiger partial charge in [0.1, 0.15) is 11.6 Å². The number of nitrogens with two attached hydrogens (primary N) is 2. The Labute approximate surface area is 193 Å². The number of hydrogen-bond donors (Lipinski definition) is 4. The number of amides is 1. The molecule has 1 amide bonds. The summed E-state index contributed by atoms with van der Waals surface area (Å²) in [5.41, 5.74) is 12.2. The van der Waals surface area contributed by atoms with Crippen molar-refractivity contribution in [3.8, 4) is 0 Å². The van der Waals surface area contributed by atoms with E-state index >= 15 is 0 Å². The number of carbonyl (C=O) groups excluding carboxylic acids is 1. The highest BCUT2D eigenvalue weighted by molar-refractivity contribution is 5.98. The van der Waals surface area contributed by atoms with Crippen LogP contribution in [0.15, 0.2) is 24.4 Å². The highest BCUT2D eigenvalue weighted by Gasteiger charge is 2.25. The van der Waals surface area contributed by atoms with Crippen molar-refractivity contribution in [2.45, 2.75) is 63.8 Å². The number of nitrogens with one attached hydrogen (secondary N) is 2. The van der Waals surface area contributed by atoms with Crippen LogP contribution < -0.4 is 27.0 Å². The van der Waals surface area contributed by atoms with Gasteiger partial charge in [-0.15, -0.1) is 0 Å². The van der Waals surface area contributed by atoms with Gasteiger partial charge in [-0.1, -0.05) is 12.8 Å². The molecule has 1 saturated heterocycles. The molecule has 0 spiro atoms. The van der Waals surface area contributed by atoms with Gasteiger partial charge in [0.25, 0.3) is 5.91 Å². The van der Waals surface area contributed by atoms with Crippen LogP contribution in [0.3, 0.4) is 0 Å². The van der Waals surface area contributed by atoms with Crippen molar-refractivity contribution < 1.29 is 13.9 Å². The minimum Gasteiger partial charge on any atom is -0.372 e. The van der Waals surface area contributed by atoms with Crippen molar-refractivity contribution in [3.05, 3.63) is 35.8 Å². The normalized spacial score (nSPS) is 25.5. The first-order valence-corrected chi connectivity index (χ1v) is 11.5. The summed E-state index contributed by atoms with van der Waals surface area (Å²) >= 11 is 0. The molecule has 0 radical (unpaired) electrons. The molecule has 2 aliphatic rings. The van der Waals surface area contributed by atoms with Gasteiger partial charge >= 0.3 is 0 Å². The Kier molecular flexibility index (Phi) is 6.94. The average molecular weight is 458 g/mol. The van der Waals surface area contributed by atoms with Gasteiger partial charge in [0, 0.05) is 25.2 Å². The second-order valence-electron chi connectivity index (χ2n) is 8.97. The van der Waals surface area contributed by atoms with Crippen LogP contribution in [0.25, 0.3) is 0 Å². The summed E-state index contributed by atoms with van der Waals surface area (Å²) < 4.78 is 20.5. The second kappa shape index (κ2) is 9.88. The van der Waals surface area contributed by atoms with Crippen molar-refractivity contribution in [3.63, 3.8) is 0 Å². The quantitative estimate of drug-likeness (QED) is 0.521. The predicted octanol–water partition coefficient (Wildman–Crippen LogP) is 2.75. The Hall–Kier alpha value is -2.98. The molecule has 2 fully saturated rings. The smallest absolute Gasteiger partial charge is 0.252 e. The van der Waals surface area contributed by atoms with E-state index in [0.29, 0.717) is 5.69 Å². The Morgan fingerprint density at radius 1 is 1.18 bits per heavy atom. The molecule has 4 atom stereocenters. The molecule has 1 aliphatic carbocycles. The Balaban J connectivity index is 1.54. The molecule has 2 aromatic rings. The van der Waals surface area contributed by atoms with Crippen molar-refractivity contribution in [2.75, 3.05) is 28.6 Å². The van der Waals surface area contributed by atoms with E-state index in [-0.39, 0.29) is 41.5 Å². The lowest BCUT2D eigenvalue weighted by Gasteiger charge is -2.36. The van der Waals surface area contributed by atoms with E-state index in [2.05, 4.69) is 25.5 Å². The first kappa shape index (κ1) is 23.2. The largest absolute Gasteiger partial charge is 0.372 e. The van der Waals surface area contributed by atoms with Crippen molar-refractivity contribution >= 4 is 29.0 Å². The van der Waals surface area contributed by atoms with E-state index in [1.165, 1.54) is 0 Å². The minimum atomic E-state index is -0.773. The topological polar surface area (TPSA) is 131 Å². The maximum Gasteiger partial charge on any atom is 0.252 e. The summed E-state index contributed by atoms with van der Waals surface area (Å²) in [6.07, 6.45) is 5.70. The molecule has 0 aromatic carbocycles. The summed E-state index contributed by atoms with van der Waals surface area (Å²) in [6.45, 7) is 5.59. The number of hydrogen-bond acceptors (Lipinski definition) is 8. The molecule has 178 valence electrons. The zero-order valence-electron chi connectivity index (χ0n) is 19.1. The van der Waals surface area contributed by atoms with Gasteiger partial charge in [0.15, 0.2) is 11.6 Å². The molecule has 4 rings (SSSR count). The molecule has 1 saturated carbocycles. The summed E-state index contributed by atoms with van der Waals surface area (Å²) in [5.74, 6) is -0.370. The average Bonchev–Trinajstić information content (AvgIpc) is 2.77. The molecule has 10 heteroatoms. The van der Waals surface area contributed by atoms with Gasteiger partial charge < -0.3 is 31.7 Å². The zero-order valence-corrected chi connectivity index (χ0v) is 19.1. The number of pyridine rings is 2. The number of nitrogens with zero attached hydrogens (tertiary/aromatic N) is 3. The Bertz CT molecular complexity index is 978. The molecule has 6 N–H and O–H groups in total. The highest BCUT2D eigenvalue weighted by Crippen LogP contribution is 2.27. The van der Waals surface area contributed by atoms with Crippen LogP contribution in [0.2, 0.25) is 0 Å². The molecular formula is C23H32FN7O2. The SMILES string of the molecule is C[C@@H]1CN(c2ccc(Nc3nc(N[C@@H]4CCCC[C@@H]4N)c(F)cc3C(N)=O)cn2)C[C@H](C)O1. The molecule has 9 nitrogen and oxygen atoms in total. The lowest BCUT2D eigenvalue weighted by Crippen LogP contribution is -2.45. The van der Waals surface area contributed by atoms with Gasteiger partial charge in [0.05, 0.1) is 29.7 Å². The van der Waals surface area contributed by atoms with E-state index in [1.54, 1.807) is 6.20 Å². The summed E-state index contributed by atoms with van der Waals surface area (Å²) in [4.78, 5) is 23.0.